The lowest BCUT2D eigenvalue weighted by Crippen LogP contribution is -2.42. The minimum Gasteiger partial charge on any atom is -0.461 e. The Morgan fingerprint density at radius 2 is 2.07 bits per heavy atom. The summed E-state index contributed by atoms with van der Waals surface area (Å²) >= 11 is 0. The van der Waals surface area contributed by atoms with E-state index in [9.17, 15) is 14.4 Å². The van der Waals surface area contributed by atoms with Crippen molar-refractivity contribution in [2.45, 2.75) is 46.6 Å². The minimum absolute atomic E-state index is 0.0155. The molecule has 1 atom stereocenters. The van der Waals surface area contributed by atoms with Gasteiger partial charge in [0.25, 0.3) is 0 Å². The molecule has 2 heterocycles. The summed E-state index contributed by atoms with van der Waals surface area (Å²) in [7, 11) is 0. The zero-order valence-corrected chi connectivity index (χ0v) is 16.0. The van der Waals surface area contributed by atoms with E-state index < -0.39 is 5.63 Å². The van der Waals surface area contributed by atoms with Crippen LogP contribution in [0.15, 0.2) is 27.4 Å². The molecule has 0 aliphatic carbocycles. The number of nitrogens with zero attached hydrogens (tertiary/aromatic N) is 1. The van der Waals surface area contributed by atoms with Crippen molar-refractivity contribution in [2.24, 2.45) is 5.92 Å². The monoisotopic (exact) mass is 371 g/mol. The van der Waals surface area contributed by atoms with Crippen LogP contribution in [0.3, 0.4) is 0 Å². The van der Waals surface area contributed by atoms with Gasteiger partial charge in [0.05, 0.1) is 5.92 Å². The van der Waals surface area contributed by atoms with Gasteiger partial charge in [0.1, 0.15) is 12.2 Å². The number of fused-ring (bicyclic) bond motifs is 1. The summed E-state index contributed by atoms with van der Waals surface area (Å²) in [5.41, 5.74) is 2.64. The van der Waals surface area contributed by atoms with Crippen LogP contribution in [0.4, 0.5) is 0 Å². The second kappa shape index (κ2) is 7.94. The van der Waals surface area contributed by atoms with Crippen molar-refractivity contribution < 1.29 is 18.7 Å². The highest BCUT2D eigenvalue weighted by Crippen LogP contribution is 2.24. The first-order chi connectivity index (χ1) is 12.9. The molecule has 2 aromatic rings. The van der Waals surface area contributed by atoms with E-state index in [1.54, 1.807) is 4.90 Å². The summed E-state index contributed by atoms with van der Waals surface area (Å²) in [6.07, 6.45) is 1.94. The molecule has 1 aromatic heterocycles. The number of amides is 1. The van der Waals surface area contributed by atoms with Crippen LogP contribution in [0.25, 0.3) is 11.0 Å². The molecular formula is C21H25NO5. The summed E-state index contributed by atoms with van der Waals surface area (Å²) in [4.78, 5) is 38.0. The van der Waals surface area contributed by atoms with Crippen LogP contribution < -0.4 is 5.63 Å². The van der Waals surface area contributed by atoms with Gasteiger partial charge in [0, 0.05) is 36.5 Å². The molecule has 1 aliphatic heterocycles. The third-order valence-corrected chi connectivity index (χ3v) is 5.30. The van der Waals surface area contributed by atoms with Crippen LogP contribution >= 0.6 is 0 Å². The molecule has 1 aromatic carbocycles. The Hall–Kier alpha value is -2.63. The average molecular weight is 371 g/mol. The van der Waals surface area contributed by atoms with E-state index in [0.717, 1.165) is 22.9 Å². The van der Waals surface area contributed by atoms with Gasteiger partial charge in [-0.1, -0.05) is 19.1 Å². The number of benzene rings is 1. The van der Waals surface area contributed by atoms with Crippen LogP contribution in [0.1, 0.15) is 42.9 Å². The third-order valence-electron chi connectivity index (χ3n) is 5.30. The molecular weight excluding hydrogens is 346 g/mol. The Bertz CT molecular complexity index is 930. The fraction of sp³-hybridized carbons (Fsp3) is 0.476. The molecule has 0 bridgehead atoms. The Morgan fingerprint density at radius 1 is 1.30 bits per heavy atom. The van der Waals surface area contributed by atoms with Gasteiger partial charge in [-0.15, -0.1) is 0 Å². The van der Waals surface area contributed by atoms with Gasteiger partial charge < -0.3 is 14.1 Å². The first kappa shape index (κ1) is 19.1. The van der Waals surface area contributed by atoms with Gasteiger partial charge in [-0.3, -0.25) is 9.59 Å². The Labute approximate surface area is 158 Å². The van der Waals surface area contributed by atoms with Gasteiger partial charge >= 0.3 is 11.6 Å². The fourth-order valence-electron chi connectivity index (χ4n) is 3.53. The quantitative estimate of drug-likeness (QED) is 0.610. The molecule has 1 amide bonds. The maximum Gasteiger partial charge on any atom is 0.336 e. The normalized spacial score (nSPS) is 17.1. The van der Waals surface area contributed by atoms with Crippen molar-refractivity contribution in [3.63, 3.8) is 0 Å². The molecule has 1 unspecified atom stereocenters. The van der Waals surface area contributed by atoms with Gasteiger partial charge in [-0.2, -0.15) is 0 Å². The molecule has 0 N–H and O–H groups in total. The third kappa shape index (κ3) is 4.04. The van der Waals surface area contributed by atoms with Crippen molar-refractivity contribution >= 4 is 22.8 Å². The zero-order valence-electron chi connectivity index (χ0n) is 16.0. The first-order valence-corrected chi connectivity index (χ1v) is 9.38. The Kier molecular flexibility index (Phi) is 5.63. The lowest BCUT2D eigenvalue weighted by Gasteiger charge is -2.31. The zero-order chi connectivity index (χ0) is 19.6. The van der Waals surface area contributed by atoms with Crippen molar-refractivity contribution in [3.8, 4) is 0 Å². The SMILES string of the molecule is CCC(=O)N1CCCC(C(=O)OCc2cc(=O)oc3c(C)c(C)ccc23)C1. The van der Waals surface area contributed by atoms with Gasteiger partial charge in [-0.05, 0) is 37.8 Å². The number of aryl methyl sites for hydroxylation is 2. The number of hydrogen-bond donors (Lipinski definition) is 0. The molecule has 0 saturated carbocycles. The van der Waals surface area contributed by atoms with E-state index in [-0.39, 0.29) is 24.4 Å². The highest BCUT2D eigenvalue weighted by molar-refractivity contribution is 5.84. The van der Waals surface area contributed by atoms with Gasteiger partial charge in [-0.25, -0.2) is 4.79 Å². The summed E-state index contributed by atoms with van der Waals surface area (Å²) in [6.45, 7) is 6.79. The summed E-state index contributed by atoms with van der Waals surface area (Å²) in [6, 6.07) is 5.21. The van der Waals surface area contributed by atoms with Crippen molar-refractivity contribution in [1.82, 2.24) is 4.90 Å². The van der Waals surface area contributed by atoms with E-state index in [1.807, 2.05) is 32.9 Å². The van der Waals surface area contributed by atoms with E-state index in [0.29, 0.717) is 37.1 Å². The number of esters is 1. The smallest absolute Gasteiger partial charge is 0.336 e. The maximum absolute atomic E-state index is 12.5. The molecule has 3 rings (SSSR count). The molecule has 1 fully saturated rings. The molecule has 0 radical (unpaired) electrons. The highest BCUT2D eigenvalue weighted by atomic mass is 16.5. The Balaban J connectivity index is 1.75. The standard InChI is InChI=1S/C21H25NO5/c1-4-18(23)22-9-5-6-15(11-22)21(25)26-12-16-10-19(24)27-20-14(3)13(2)7-8-17(16)20/h7-8,10,15H,4-6,9,11-12H2,1-3H3. The lowest BCUT2D eigenvalue weighted by molar-refractivity contribution is -0.153. The summed E-state index contributed by atoms with van der Waals surface area (Å²) in [5.74, 6) is -0.580. The number of piperidine rings is 1. The van der Waals surface area contributed by atoms with Crippen LogP contribution in [0, 0.1) is 19.8 Å². The van der Waals surface area contributed by atoms with E-state index >= 15 is 0 Å². The molecule has 6 nitrogen and oxygen atoms in total. The second-order valence-electron chi connectivity index (χ2n) is 7.11. The molecule has 144 valence electrons. The highest BCUT2D eigenvalue weighted by Gasteiger charge is 2.29. The number of hydrogen-bond acceptors (Lipinski definition) is 5. The molecule has 0 spiro atoms. The van der Waals surface area contributed by atoms with Crippen LogP contribution in [0.5, 0.6) is 0 Å². The predicted molar refractivity (Wildman–Crippen MR) is 101 cm³/mol. The fourth-order valence-corrected chi connectivity index (χ4v) is 3.53. The molecule has 27 heavy (non-hydrogen) atoms. The van der Waals surface area contributed by atoms with Crippen LogP contribution in [0.2, 0.25) is 0 Å². The lowest BCUT2D eigenvalue weighted by atomic mass is 9.98. The largest absolute Gasteiger partial charge is 0.461 e. The van der Waals surface area contributed by atoms with Gasteiger partial charge in [0.2, 0.25) is 5.91 Å². The molecule has 6 heteroatoms. The molecule has 1 saturated heterocycles. The second-order valence-corrected chi connectivity index (χ2v) is 7.11. The van der Waals surface area contributed by atoms with Crippen molar-refractivity contribution in [2.75, 3.05) is 13.1 Å². The van der Waals surface area contributed by atoms with E-state index in [2.05, 4.69) is 0 Å². The maximum atomic E-state index is 12.5. The van der Waals surface area contributed by atoms with Gasteiger partial charge in [0.15, 0.2) is 0 Å². The summed E-state index contributed by atoms with van der Waals surface area (Å²) < 4.78 is 10.9. The average Bonchev–Trinajstić information content (AvgIpc) is 2.68. The van der Waals surface area contributed by atoms with Crippen LogP contribution in [-0.2, 0) is 20.9 Å². The number of likely N-dealkylation sites (tertiary alicyclic amines) is 1. The predicted octanol–water partition coefficient (Wildman–Crippen LogP) is 3.10. The van der Waals surface area contributed by atoms with Crippen molar-refractivity contribution in [3.05, 3.63) is 45.3 Å². The van der Waals surface area contributed by atoms with E-state index in [1.165, 1.54) is 6.07 Å². The number of ether oxygens (including phenoxy) is 1. The van der Waals surface area contributed by atoms with Crippen LogP contribution in [-0.4, -0.2) is 29.9 Å². The number of carbonyl (C=O) groups excluding carboxylic acids is 2. The topological polar surface area (TPSA) is 76.8 Å². The molecule has 1 aliphatic rings. The van der Waals surface area contributed by atoms with E-state index in [4.69, 9.17) is 9.15 Å². The first-order valence-electron chi connectivity index (χ1n) is 9.38. The number of rotatable bonds is 4. The Morgan fingerprint density at radius 3 is 2.81 bits per heavy atom. The van der Waals surface area contributed by atoms with Crippen molar-refractivity contribution in [1.29, 1.82) is 0 Å². The minimum atomic E-state index is -0.459. The number of carbonyl (C=O) groups is 2. The summed E-state index contributed by atoms with van der Waals surface area (Å²) in [5, 5.41) is 0.775.